The van der Waals surface area contributed by atoms with E-state index in [-0.39, 0.29) is 23.9 Å². The largest absolute Gasteiger partial charge is 0.340 e. The summed E-state index contributed by atoms with van der Waals surface area (Å²) in [6.45, 7) is 9.95. The molecule has 1 fully saturated rings. The molecule has 2 atom stereocenters. The average molecular weight is 268 g/mol. The van der Waals surface area contributed by atoms with Crippen molar-refractivity contribution >= 4 is 11.8 Å². The smallest absolute Gasteiger partial charge is 0.249 e. The van der Waals surface area contributed by atoms with Crippen molar-refractivity contribution in [3.63, 3.8) is 0 Å². The van der Waals surface area contributed by atoms with E-state index in [1.54, 1.807) is 0 Å². The molecule has 0 saturated carbocycles. The summed E-state index contributed by atoms with van der Waals surface area (Å²) in [5.41, 5.74) is -0.690. The fourth-order valence-electron chi connectivity index (χ4n) is 2.89. The first-order chi connectivity index (χ1) is 8.93. The molecule has 1 heterocycles. The summed E-state index contributed by atoms with van der Waals surface area (Å²) >= 11 is 0. The zero-order valence-corrected chi connectivity index (χ0v) is 13.0. The van der Waals surface area contributed by atoms with Crippen LogP contribution in [0.5, 0.6) is 0 Å². The van der Waals surface area contributed by atoms with Gasteiger partial charge < -0.3 is 10.2 Å². The van der Waals surface area contributed by atoms with Crippen LogP contribution in [-0.2, 0) is 9.59 Å². The molecule has 0 bridgehead atoms. The number of nitrogens with zero attached hydrogens (tertiary/aromatic N) is 1. The van der Waals surface area contributed by atoms with Crippen LogP contribution in [0, 0.1) is 0 Å². The first-order valence-electron chi connectivity index (χ1n) is 7.58. The summed E-state index contributed by atoms with van der Waals surface area (Å²) in [5.74, 6) is 0.0693. The van der Waals surface area contributed by atoms with Gasteiger partial charge in [0.05, 0.1) is 0 Å². The van der Waals surface area contributed by atoms with Gasteiger partial charge in [0, 0.05) is 6.04 Å². The molecule has 1 rings (SSSR count). The molecule has 0 aliphatic carbocycles. The number of amides is 2. The van der Waals surface area contributed by atoms with Crippen molar-refractivity contribution in [1.29, 1.82) is 0 Å². The van der Waals surface area contributed by atoms with Crippen LogP contribution < -0.4 is 5.32 Å². The van der Waals surface area contributed by atoms with Gasteiger partial charge in [-0.3, -0.25) is 9.59 Å². The van der Waals surface area contributed by atoms with Crippen LogP contribution in [0.15, 0.2) is 0 Å². The third-order valence-corrected chi connectivity index (χ3v) is 4.46. The van der Waals surface area contributed by atoms with Crippen molar-refractivity contribution in [2.75, 3.05) is 0 Å². The van der Waals surface area contributed by atoms with E-state index < -0.39 is 5.54 Å². The zero-order chi connectivity index (χ0) is 14.6. The summed E-state index contributed by atoms with van der Waals surface area (Å²) < 4.78 is 0. The molecule has 0 aromatic carbocycles. The third kappa shape index (κ3) is 2.93. The third-order valence-electron chi connectivity index (χ3n) is 4.46. The molecule has 2 unspecified atom stereocenters. The van der Waals surface area contributed by atoms with E-state index in [0.717, 1.165) is 19.3 Å². The number of piperazine rings is 1. The van der Waals surface area contributed by atoms with Crippen LogP contribution in [0.2, 0.25) is 0 Å². The Morgan fingerprint density at radius 3 is 2.32 bits per heavy atom. The molecule has 4 heteroatoms. The van der Waals surface area contributed by atoms with E-state index in [4.69, 9.17) is 0 Å². The molecule has 2 amide bonds. The lowest BCUT2D eigenvalue weighted by atomic mass is 9.86. The first-order valence-corrected chi connectivity index (χ1v) is 7.58. The number of unbranched alkanes of at least 4 members (excludes halogenated alkanes) is 1. The van der Waals surface area contributed by atoms with Crippen LogP contribution in [0.25, 0.3) is 0 Å². The van der Waals surface area contributed by atoms with Crippen molar-refractivity contribution < 1.29 is 9.59 Å². The Morgan fingerprint density at radius 2 is 1.84 bits per heavy atom. The number of nitrogens with one attached hydrogen (secondary N) is 1. The molecule has 1 aliphatic rings. The van der Waals surface area contributed by atoms with Crippen molar-refractivity contribution in [3.05, 3.63) is 0 Å². The molecule has 1 N–H and O–H groups in total. The van der Waals surface area contributed by atoms with Crippen LogP contribution >= 0.6 is 0 Å². The van der Waals surface area contributed by atoms with Crippen molar-refractivity contribution in [2.45, 2.75) is 84.3 Å². The van der Waals surface area contributed by atoms with E-state index in [2.05, 4.69) is 19.2 Å². The van der Waals surface area contributed by atoms with Crippen molar-refractivity contribution in [3.8, 4) is 0 Å². The van der Waals surface area contributed by atoms with Crippen LogP contribution in [0.3, 0.4) is 0 Å². The van der Waals surface area contributed by atoms with Gasteiger partial charge in [-0.2, -0.15) is 0 Å². The van der Waals surface area contributed by atoms with Gasteiger partial charge >= 0.3 is 0 Å². The van der Waals surface area contributed by atoms with Gasteiger partial charge in [0.15, 0.2) is 0 Å². The van der Waals surface area contributed by atoms with Gasteiger partial charge in [-0.05, 0) is 33.1 Å². The molecule has 0 aromatic rings. The minimum absolute atomic E-state index is 0.0216. The predicted octanol–water partition coefficient (Wildman–Crippen LogP) is 2.47. The van der Waals surface area contributed by atoms with E-state index in [1.165, 1.54) is 0 Å². The summed E-state index contributed by atoms with van der Waals surface area (Å²) in [5, 5.41) is 2.94. The lowest BCUT2D eigenvalue weighted by Gasteiger charge is -2.47. The fraction of sp³-hybridized carbons (Fsp3) is 0.867. The Bertz CT molecular complexity index is 337. The highest BCUT2D eigenvalue weighted by molar-refractivity contribution is 5.99. The molecule has 0 spiro atoms. The Hall–Kier alpha value is -1.06. The quantitative estimate of drug-likeness (QED) is 0.804. The summed E-state index contributed by atoms with van der Waals surface area (Å²) in [7, 11) is 0. The minimum Gasteiger partial charge on any atom is -0.340 e. The number of carbonyl (C=O) groups is 2. The maximum Gasteiger partial charge on any atom is 0.249 e. The Labute approximate surface area is 116 Å². The minimum atomic E-state index is -0.690. The number of rotatable bonds is 6. The fourth-order valence-corrected chi connectivity index (χ4v) is 2.89. The molecule has 19 heavy (non-hydrogen) atoms. The van der Waals surface area contributed by atoms with Gasteiger partial charge in [0.2, 0.25) is 11.8 Å². The maximum absolute atomic E-state index is 12.8. The molecule has 1 aliphatic heterocycles. The molecule has 110 valence electrons. The Morgan fingerprint density at radius 1 is 1.26 bits per heavy atom. The second-order valence-electron chi connectivity index (χ2n) is 5.66. The average Bonchev–Trinajstić information content (AvgIpc) is 2.41. The first kappa shape index (κ1) is 16.0. The predicted molar refractivity (Wildman–Crippen MR) is 76.8 cm³/mol. The summed E-state index contributed by atoms with van der Waals surface area (Å²) in [6, 6.07) is -0.225. The van der Waals surface area contributed by atoms with Crippen molar-refractivity contribution in [2.24, 2.45) is 0 Å². The highest BCUT2D eigenvalue weighted by Crippen LogP contribution is 2.27. The van der Waals surface area contributed by atoms with E-state index in [0.29, 0.717) is 12.8 Å². The molecular formula is C15H28N2O2. The maximum atomic E-state index is 12.8. The van der Waals surface area contributed by atoms with Crippen LogP contribution in [-0.4, -0.2) is 34.3 Å². The number of hydrogen-bond acceptors (Lipinski definition) is 2. The standard InChI is InChI=1S/C15H28N2O2/c1-6-9-10-11(4)17-12(5)13(18)16-15(7-2,8-3)14(17)19/h11-12H,6-10H2,1-5H3,(H,16,18). The van der Waals surface area contributed by atoms with Gasteiger partial charge in [0.25, 0.3) is 0 Å². The lowest BCUT2D eigenvalue weighted by Crippen LogP contribution is -2.70. The lowest BCUT2D eigenvalue weighted by molar-refractivity contribution is -0.157. The second kappa shape index (κ2) is 6.40. The molecule has 4 nitrogen and oxygen atoms in total. The van der Waals surface area contributed by atoms with E-state index >= 15 is 0 Å². The van der Waals surface area contributed by atoms with E-state index in [9.17, 15) is 9.59 Å². The van der Waals surface area contributed by atoms with Gasteiger partial charge in [-0.25, -0.2) is 0 Å². The topological polar surface area (TPSA) is 49.4 Å². The SMILES string of the molecule is CCCCC(C)N1C(=O)C(CC)(CC)NC(=O)C1C. The normalized spacial score (nSPS) is 24.3. The highest BCUT2D eigenvalue weighted by atomic mass is 16.2. The summed E-state index contributed by atoms with van der Waals surface area (Å²) in [6.07, 6.45) is 4.46. The van der Waals surface area contributed by atoms with Crippen molar-refractivity contribution in [1.82, 2.24) is 10.2 Å². The van der Waals surface area contributed by atoms with E-state index in [1.807, 2.05) is 25.7 Å². The number of carbonyl (C=O) groups excluding carboxylic acids is 2. The Kier molecular flexibility index (Phi) is 5.39. The van der Waals surface area contributed by atoms with Gasteiger partial charge in [-0.15, -0.1) is 0 Å². The van der Waals surface area contributed by atoms with Crippen LogP contribution in [0.1, 0.15) is 66.7 Å². The number of hydrogen-bond donors (Lipinski definition) is 1. The monoisotopic (exact) mass is 268 g/mol. The van der Waals surface area contributed by atoms with Gasteiger partial charge in [-0.1, -0.05) is 33.6 Å². The molecule has 0 radical (unpaired) electrons. The second-order valence-corrected chi connectivity index (χ2v) is 5.66. The zero-order valence-electron chi connectivity index (χ0n) is 13.0. The van der Waals surface area contributed by atoms with Crippen LogP contribution in [0.4, 0.5) is 0 Å². The molecule has 0 aromatic heterocycles. The Balaban J connectivity index is 2.99. The molecule has 1 saturated heterocycles. The highest BCUT2D eigenvalue weighted by Gasteiger charge is 2.48. The molecular weight excluding hydrogens is 240 g/mol. The van der Waals surface area contributed by atoms with Gasteiger partial charge in [0.1, 0.15) is 11.6 Å². The summed E-state index contributed by atoms with van der Waals surface area (Å²) in [4.78, 5) is 26.7.